The largest absolute Gasteiger partial charge is 0.409 e. The zero-order chi connectivity index (χ0) is 15.6. The Balaban J connectivity index is 2.47. The number of hydrogen-bond acceptors (Lipinski definition) is 5. The zero-order valence-corrected chi connectivity index (χ0v) is 12.3. The second kappa shape index (κ2) is 5.44. The number of nitrogens with two attached hydrogens (primary N) is 1. The van der Waals surface area contributed by atoms with Crippen LogP contribution in [0.4, 0.5) is 5.69 Å². The molecule has 0 bridgehead atoms. The van der Waals surface area contributed by atoms with Gasteiger partial charge in [0.1, 0.15) is 4.90 Å². The first-order chi connectivity index (χ1) is 9.85. The summed E-state index contributed by atoms with van der Waals surface area (Å²) in [4.78, 5) is 0.0250. The van der Waals surface area contributed by atoms with Crippen LogP contribution < -0.4 is 10.5 Å². The van der Waals surface area contributed by atoms with Gasteiger partial charge in [0, 0.05) is 18.8 Å². The number of aromatic nitrogens is 2. The number of benzene rings is 1. The average molecular weight is 309 g/mol. The second-order valence-electron chi connectivity index (χ2n) is 4.44. The minimum absolute atomic E-state index is 0.0250. The van der Waals surface area contributed by atoms with Gasteiger partial charge in [0.05, 0.1) is 11.9 Å². The highest BCUT2D eigenvalue weighted by atomic mass is 32.2. The summed E-state index contributed by atoms with van der Waals surface area (Å²) in [7, 11) is -2.18. The fourth-order valence-corrected chi connectivity index (χ4v) is 2.94. The Hall–Kier alpha value is -2.55. The Kier molecular flexibility index (Phi) is 3.85. The molecule has 0 fully saturated rings. The molecule has 8 nitrogen and oxygen atoms in total. The van der Waals surface area contributed by atoms with Gasteiger partial charge in [-0.15, -0.1) is 0 Å². The Bertz CT molecular complexity index is 795. The Morgan fingerprint density at radius 3 is 2.76 bits per heavy atom. The van der Waals surface area contributed by atoms with Crippen molar-refractivity contribution in [2.24, 2.45) is 17.9 Å². The number of nitrogens with zero attached hydrogens (tertiary/aromatic N) is 3. The van der Waals surface area contributed by atoms with E-state index >= 15 is 0 Å². The summed E-state index contributed by atoms with van der Waals surface area (Å²) in [5.74, 6) is -0.169. The number of rotatable bonds is 4. The molecule has 0 atom stereocenters. The van der Waals surface area contributed by atoms with E-state index in [0.717, 1.165) is 0 Å². The van der Waals surface area contributed by atoms with Gasteiger partial charge in [0.15, 0.2) is 5.84 Å². The molecule has 0 spiro atoms. The molecule has 0 saturated carbocycles. The van der Waals surface area contributed by atoms with Gasteiger partial charge >= 0.3 is 0 Å². The van der Waals surface area contributed by atoms with Crippen LogP contribution in [0.3, 0.4) is 0 Å². The molecule has 1 heterocycles. The number of hydrogen-bond donors (Lipinski definition) is 3. The molecule has 0 amide bonds. The van der Waals surface area contributed by atoms with Crippen molar-refractivity contribution in [1.29, 1.82) is 0 Å². The molecule has 9 heteroatoms. The molecular formula is C12H15N5O3S. The van der Waals surface area contributed by atoms with Gasteiger partial charge in [-0.05, 0) is 18.6 Å². The van der Waals surface area contributed by atoms with Crippen LogP contribution in [-0.4, -0.2) is 29.2 Å². The van der Waals surface area contributed by atoms with Crippen molar-refractivity contribution in [2.45, 2.75) is 11.8 Å². The molecule has 1 aromatic carbocycles. The molecule has 2 rings (SSSR count). The summed E-state index contributed by atoms with van der Waals surface area (Å²) in [6, 6.07) is 4.94. The fraction of sp³-hybridized carbons (Fsp3) is 0.167. The van der Waals surface area contributed by atoms with Crippen molar-refractivity contribution in [3.8, 4) is 0 Å². The molecule has 0 aliphatic carbocycles. The zero-order valence-electron chi connectivity index (χ0n) is 11.5. The van der Waals surface area contributed by atoms with Crippen molar-refractivity contribution in [1.82, 2.24) is 9.78 Å². The molecule has 0 radical (unpaired) electrons. The topological polar surface area (TPSA) is 123 Å². The molecule has 112 valence electrons. The molecule has 0 aliphatic heterocycles. The molecular weight excluding hydrogens is 294 g/mol. The first-order valence-corrected chi connectivity index (χ1v) is 7.42. The third-order valence-electron chi connectivity index (χ3n) is 2.87. The lowest BCUT2D eigenvalue weighted by Gasteiger charge is -2.13. The lowest BCUT2D eigenvalue weighted by Crippen LogP contribution is -2.20. The maximum Gasteiger partial charge on any atom is 0.265 e. The predicted molar refractivity (Wildman–Crippen MR) is 77.7 cm³/mol. The van der Waals surface area contributed by atoms with E-state index < -0.39 is 10.0 Å². The maximum atomic E-state index is 12.3. The SMILES string of the molecule is Cc1cccc(NS(=O)(=O)c2cnn(C)c2)c1/C(N)=N/O. The van der Waals surface area contributed by atoms with Crippen molar-refractivity contribution in [3.05, 3.63) is 41.7 Å². The van der Waals surface area contributed by atoms with Crippen LogP contribution in [0.15, 0.2) is 40.6 Å². The summed E-state index contributed by atoms with van der Waals surface area (Å²) < 4.78 is 28.4. The van der Waals surface area contributed by atoms with Crippen LogP contribution in [0.1, 0.15) is 11.1 Å². The quantitative estimate of drug-likeness (QED) is 0.331. The van der Waals surface area contributed by atoms with Gasteiger partial charge in [0.2, 0.25) is 0 Å². The van der Waals surface area contributed by atoms with Gasteiger partial charge in [-0.25, -0.2) is 8.42 Å². The van der Waals surface area contributed by atoms with Crippen LogP contribution in [0, 0.1) is 6.92 Å². The molecule has 0 unspecified atom stereocenters. The van der Waals surface area contributed by atoms with Gasteiger partial charge < -0.3 is 10.9 Å². The highest BCUT2D eigenvalue weighted by Gasteiger charge is 2.19. The number of oxime groups is 1. The molecule has 0 aliphatic rings. The summed E-state index contributed by atoms with van der Waals surface area (Å²) in [6.07, 6.45) is 2.61. The smallest absolute Gasteiger partial charge is 0.265 e. The minimum atomic E-state index is -3.80. The van der Waals surface area contributed by atoms with Crippen molar-refractivity contribution < 1.29 is 13.6 Å². The number of nitrogens with one attached hydrogen (secondary N) is 1. The Morgan fingerprint density at radius 2 is 2.19 bits per heavy atom. The molecule has 21 heavy (non-hydrogen) atoms. The highest BCUT2D eigenvalue weighted by Crippen LogP contribution is 2.22. The number of amidine groups is 1. The third-order valence-corrected chi connectivity index (χ3v) is 4.19. The van der Waals surface area contributed by atoms with E-state index in [1.807, 2.05) is 0 Å². The third kappa shape index (κ3) is 2.97. The van der Waals surface area contributed by atoms with Crippen LogP contribution in [0.2, 0.25) is 0 Å². The molecule has 4 N–H and O–H groups in total. The van der Waals surface area contributed by atoms with E-state index in [2.05, 4.69) is 15.0 Å². The van der Waals surface area contributed by atoms with E-state index in [-0.39, 0.29) is 16.4 Å². The number of aryl methyl sites for hydroxylation is 2. The lowest BCUT2D eigenvalue weighted by molar-refractivity contribution is 0.318. The van der Waals surface area contributed by atoms with Crippen LogP contribution in [0.25, 0.3) is 0 Å². The van der Waals surface area contributed by atoms with Crippen molar-refractivity contribution in [3.63, 3.8) is 0 Å². The van der Waals surface area contributed by atoms with E-state index in [9.17, 15) is 8.42 Å². The van der Waals surface area contributed by atoms with Crippen molar-refractivity contribution in [2.75, 3.05) is 4.72 Å². The van der Waals surface area contributed by atoms with Gasteiger partial charge in [-0.2, -0.15) is 5.10 Å². The monoisotopic (exact) mass is 309 g/mol. The average Bonchev–Trinajstić information content (AvgIpc) is 2.85. The van der Waals surface area contributed by atoms with E-state index in [4.69, 9.17) is 10.9 Å². The fourth-order valence-electron chi connectivity index (χ4n) is 1.88. The maximum absolute atomic E-state index is 12.3. The first-order valence-electron chi connectivity index (χ1n) is 5.94. The van der Waals surface area contributed by atoms with E-state index in [1.165, 1.54) is 23.1 Å². The van der Waals surface area contributed by atoms with Gasteiger partial charge in [0.25, 0.3) is 10.0 Å². The summed E-state index contributed by atoms with van der Waals surface area (Å²) in [5.41, 5.74) is 6.84. The number of sulfonamides is 1. The standard InChI is InChI=1S/C12H15N5O3S/c1-8-4-3-5-10(11(8)12(13)15-18)16-21(19,20)9-6-14-17(2)7-9/h3-7,16,18H,1-2H3,(H2,13,15). The van der Waals surface area contributed by atoms with E-state index in [0.29, 0.717) is 11.1 Å². The van der Waals surface area contributed by atoms with Crippen LogP contribution >= 0.6 is 0 Å². The first kappa shape index (κ1) is 14.9. The predicted octanol–water partition coefficient (Wildman–Crippen LogP) is 0.624. The van der Waals surface area contributed by atoms with Crippen molar-refractivity contribution >= 4 is 21.5 Å². The second-order valence-corrected chi connectivity index (χ2v) is 6.12. The normalized spacial score (nSPS) is 12.4. The highest BCUT2D eigenvalue weighted by molar-refractivity contribution is 7.92. The van der Waals surface area contributed by atoms with Gasteiger partial charge in [-0.3, -0.25) is 9.40 Å². The summed E-state index contributed by atoms with van der Waals surface area (Å²) in [6.45, 7) is 1.73. The lowest BCUT2D eigenvalue weighted by atomic mass is 10.1. The van der Waals surface area contributed by atoms with Gasteiger partial charge in [-0.1, -0.05) is 17.3 Å². The summed E-state index contributed by atoms with van der Waals surface area (Å²) >= 11 is 0. The molecule has 0 saturated heterocycles. The van der Waals surface area contributed by atoms with Crippen LogP contribution in [0.5, 0.6) is 0 Å². The van der Waals surface area contributed by atoms with Crippen LogP contribution in [-0.2, 0) is 17.1 Å². The Morgan fingerprint density at radius 1 is 1.48 bits per heavy atom. The summed E-state index contributed by atoms with van der Waals surface area (Å²) in [5, 5.41) is 15.6. The molecule has 1 aromatic heterocycles. The number of anilines is 1. The minimum Gasteiger partial charge on any atom is -0.409 e. The molecule has 2 aromatic rings. The van der Waals surface area contributed by atoms with E-state index in [1.54, 1.807) is 26.1 Å². The Labute approximate surface area is 121 Å².